The molecule has 0 aliphatic carbocycles. The van der Waals surface area contributed by atoms with Gasteiger partial charge in [-0.3, -0.25) is 10.1 Å². The van der Waals surface area contributed by atoms with Gasteiger partial charge >= 0.3 is 0 Å². The molecule has 0 spiro atoms. The summed E-state index contributed by atoms with van der Waals surface area (Å²) in [6, 6.07) is 4.36. The topological polar surface area (TPSA) is 87.6 Å². The summed E-state index contributed by atoms with van der Waals surface area (Å²) in [6.45, 7) is 1.24. The van der Waals surface area contributed by atoms with E-state index in [0.717, 1.165) is 6.42 Å². The fourth-order valence-corrected chi connectivity index (χ4v) is 1.57. The number of hydrogen-bond acceptors (Lipinski definition) is 5. The number of ether oxygens (including phenoxy) is 2. The van der Waals surface area contributed by atoms with Crippen molar-refractivity contribution < 1.29 is 14.4 Å². The highest BCUT2D eigenvalue weighted by Gasteiger charge is 2.18. The fourth-order valence-electron chi connectivity index (χ4n) is 1.57. The van der Waals surface area contributed by atoms with Crippen molar-refractivity contribution in [2.45, 2.75) is 12.5 Å². The van der Waals surface area contributed by atoms with Gasteiger partial charge in [-0.1, -0.05) is 0 Å². The van der Waals surface area contributed by atoms with Crippen molar-refractivity contribution in [3.63, 3.8) is 0 Å². The quantitative estimate of drug-likeness (QED) is 0.475. The summed E-state index contributed by atoms with van der Waals surface area (Å²) in [4.78, 5) is 10.0. The summed E-state index contributed by atoms with van der Waals surface area (Å²) in [5.41, 5.74) is 5.55. The summed E-state index contributed by atoms with van der Waals surface area (Å²) in [5, 5.41) is 10.5. The lowest BCUT2D eigenvalue weighted by molar-refractivity contribution is -0.383. The van der Waals surface area contributed by atoms with E-state index in [1.165, 1.54) is 12.1 Å². The Bertz CT molecular complexity index is 402. The maximum Gasteiger partial charge on any atom is 0.292 e. The molecule has 0 amide bonds. The molecule has 6 heteroatoms. The molecule has 2 N–H and O–H groups in total. The number of benzene rings is 1. The predicted octanol–water partition coefficient (Wildman–Crippen LogP) is 1.34. The molecule has 1 saturated heterocycles. The largest absolute Gasteiger partial charge is 0.488 e. The molecular formula is C10H12N2O4. The summed E-state index contributed by atoms with van der Waals surface area (Å²) in [5.74, 6) is 0.540. The molecule has 1 fully saturated rings. The molecule has 2 rings (SSSR count). The third kappa shape index (κ3) is 2.22. The van der Waals surface area contributed by atoms with E-state index in [9.17, 15) is 10.1 Å². The van der Waals surface area contributed by atoms with Crippen LogP contribution < -0.4 is 10.5 Å². The van der Waals surface area contributed by atoms with E-state index >= 15 is 0 Å². The van der Waals surface area contributed by atoms with Crippen LogP contribution in [0.1, 0.15) is 6.42 Å². The van der Waals surface area contributed by atoms with Gasteiger partial charge in [-0.25, -0.2) is 0 Å². The Kier molecular flexibility index (Phi) is 2.91. The van der Waals surface area contributed by atoms with Gasteiger partial charge < -0.3 is 15.2 Å². The first-order valence-electron chi connectivity index (χ1n) is 4.95. The van der Waals surface area contributed by atoms with Crippen molar-refractivity contribution in [3.05, 3.63) is 28.3 Å². The summed E-state index contributed by atoms with van der Waals surface area (Å²) < 4.78 is 10.7. The van der Waals surface area contributed by atoms with Crippen LogP contribution in [0.25, 0.3) is 0 Å². The number of nitro groups is 1. The maximum absolute atomic E-state index is 10.5. The first-order chi connectivity index (χ1) is 7.66. The minimum absolute atomic E-state index is 0.0147. The van der Waals surface area contributed by atoms with Gasteiger partial charge in [0.2, 0.25) is 0 Å². The van der Waals surface area contributed by atoms with Gasteiger partial charge in [-0.15, -0.1) is 0 Å². The van der Waals surface area contributed by atoms with Crippen LogP contribution in [-0.2, 0) is 4.74 Å². The highest BCUT2D eigenvalue weighted by molar-refractivity contribution is 5.60. The second-order valence-electron chi connectivity index (χ2n) is 3.58. The molecule has 6 nitrogen and oxygen atoms in total. The lowest BCUT2D eigenvalue weighted by atomic mass is 10.2. The van der Waals surface area contributed by atoms with Crippen molar-refractivity contribution in [3.8, 4) is 5.75 Å². The van der Waals surface area contributed by atoms with Gasteiger partial charge in [-0.2, -0.15) is 0 Å². The average molecular weight is 224 g/mol. The van der Waals surface area contributed by atoms with Crippen LogP contribution >= 0.6 is 0 Å². The summed E-state index contributed by atoms with van der Waals surface area (Å²) >= 11 is 0. The van der Waals surface area contributed by atoms with E-state index in [-0.39, 0.29) is 17.5 Å². The van der Waals surface area contributed by atoms with Gasteiger partial charge in [0.25, 0.3) is 5.69 Å². The maximum atomic E-state index is 10.5. The van der Waals surface area contributed by atoms with Crippen molar-refractivity contribution in [2.24, 2.45) is 0 Å². The van der Waals surface area contributed by atoms with Crippen LogP contribution in [0.4, 0.5) is 11.4 Å². The lowest BCUT2D eigenvalue weighted by Crippen LogP contribution is -2.15. The number of nitro benzene ring substituents is 1. The number of anilines is 1. The molecular weight excluding hydrogens is 212 g/mol. The number of nitrogen functional groups attached to an aromatic ring is 1. The van der Waals surface area contributed by atoms with Crippen LogP contribution in [0.15, 0.2) is 18.2 Å². The minimum atomic E-state index is -0.516. The Morgan fingerprint density at radius 3 is 2.94 bits per heavy atom. The second kappa shape index (κ2) is 4.36. The third-order valence-corrected chi connectivity index (χ3v) is 2.39. The first-order valence-corrected chi connectivity index (χ1v) is 4.95. The van der Waals surface area contributed by atoms with E-state index in [0.29, 0.717) is 19.0 Å². The Hall–Kier alpha value is -1.82. The Labute approximate surface area is 92.1 Å². The zero-order valence-corrected chi connectivity index (χ0v) is 8.59. The molecule has 0 radical (unpaired) electrons. The molecule has 0 bridgehead atoms. The summed E-state index contributed by atoms with van der Waals surface area (Å²) in [6.07, 6.45) is 0.845. The molecule has 1 heterocycles. The molecule has 1 unspecified atom stereocenters. The number of nitrogens with zero attached hydrogens (tertiary/aromatic N) is 1. The molecule has 86 valence electrons. The third-order valence-electron chi connectivity index (χ3n) is 2.39. The van der Waals surface area contributed by atoms with Crippen molar-refractivity contribution >= 4 is 11.4 Å². The molecule has 1 aliphatic heterocycles. The zero-order valence-electron chi connectivity index (χ0n) is 8.59. The van der Waals surface area contributed by atoms with E-state index in [4.69, 9.17) is 15.2 Å². The molecule has 0 aromatic heterocycles. The van der Waals surface area contributed by atoms with E-state index in [2.05, 4.69) is 0 Å². The van der Waals surface area contributed by atoms with Gasteiger partial charge in [0, 0.05) is 18.6 Å². The lowest BCUT2D eigenvalue weighted by Gasteiger charge is -2.11. The van der Waals surface area contributed by atoms with Crippen LogP contribution in [0.2, 0.25) is 0 Å². The van der Waals surface area contributed by atoms with Crippen LogP contribution in [0.5, 0.6) is 5.75 Å². The number of rotatable bonds is 3. The van der Waals surface area contributed by atoms with Crippen LogP contribution in [0.3, 0.4) is 0 Å². The van der Waals surface area contributed by atoms with Gasteiger partial charge in [-0.05, 0) is 6.07 Å². The SMILES string of the molecule is Nc1cc(OC2CCOC2)ccc1[N+](=O)[O-]. The standard InChI is InChI=1S/C10H12N2O4/c11-9-5-7(1-2-10(9)12(13)14)16-8-3-4-15-6-8/h1-2,5,8H,3-4,6,11H2. The molecule has 1 aromatic rings. The molecule has 1 aromatic carbocycles. The fraction of sp³-hybridized carbons (Fsp3) is 0.400. The highest BCUT2D eigenvalue weighted by Crippen LogP contribution is 2.27. The van der Waals surface area contributed by atoms with Gasteiger partial charge in [0.1, 0.15) is 17.5 Å². The normalized spacial score (nSPS) is 19.6. The van der Waals surface area contributed by atoms with E-state index in [1.807, 2.05) is 0 Å². The van der Waals surface area contributed by atoms with Gasteiger partial charge in [0.05, 0.1) is 18.1 Å². The van der Waals surface area contributed by atoms with Crippen LogP contribution in [-0.4, -0.2) is 24.2 Å². The summed E-state index contributed by atoms with van der Waals surface area (Å²) in [7, 11) is 0. The van der Waals surface area contributed by atoms with Crippen molar-refractivity contribution in [1.82, 2.24) is 0 Å². The molecule has 16 heavy (non-hydrogen) atoms. The first kappa shape index (κ1) is 10.7. The molecule has 0 saturated carbocycles. The Morgan fingerprint density at radius 1 is 1.56 bits per heavy atom. The number of hydrogen-bond donors (Lipinski definition) is 1. The highest BCUT2D eigenvalue weighted by atomic mass is 16.6. The smallest absolute Gasteiger partial charge is 0.292 e. The van der Waals surface area contributed by atoms with Crippen LogP contribution in [0, 0.1) is 10.1 Å². The van der Waals surface area contributed by atoms with Crippen molar-refractivity contribution in [2.75, 3.05) is 18.9 Å². The van der Waals surface area contributed by atoms with Gasteiger partial charge in [0.15, 0.2) is 0 Å². The predicted molar refractivity (Wildman–Crippen MR) is 57.4 cm³/mol. The monoisotopic (exact) mass is 224 g/mol. The average Bonchev–Trinajstić information content (AvgIpc) is 2.70. The van der Waals surface area contributed by atoms with E-state index in [1.54, 1.807) is 6.07 Å². The second-order valence-corrected chi connectivity index (χ2v) is 3.58. The van der Waals surface area contributed by atoms with E-state index < -0.39 is 4.92 Å². The molecule has 1 aliphatic rings. The Balaban J connectivity index is 2.11. The van der Waals surface area contributed by atoms with Crippen molar-refractivity contribution in [1.29, 1.82) is 0 Å². The Morgan fingerprint density at radius 2 is 2.38 bits per heavy atom. The zero-order chi connectivity index (χ0) is 11.5. The minimum Gasteiger partial charge on any atom is -0.488 e. The number of nitrogens with two attached hydrogens (primary N) is 1. The molecule has 1 atom stereocenters.